The summed E-state index contributed by atoms with van der Waals surface area (Å²) >= 11 is 0. The number of benzene rings is 1. The highest BCUT2D eigenvalue weighted by Gasteiger charge is 2.30. The SMILES string of the molecule is C[C@@H]1C[C@@H](c2ccc(F)cc2)CN1CCC(=O)N1CCOCC1. The van der Waals surface area contributed by atoms with E-state index in [9.17, 15) is 9.18 Å². The summed E-state index contributed by atoms with van der Waals surface area (Å²) in [6.07, 6.45) is 1.64. The second-order valence-corrected chi connectivity index (χ2v) is 6.57. The number of rotatable bonds is 4. The molecule has 2 atom stereocenters. The summed E-state index contributed by atoms with van der Waals surface area (Å²) in [6, 6.07) is 7.29. The Morgan fingerprint density at radius 2 is 1.96 bits per heavy atom. The lowest BCUT2D eigenvalue weighted by molar-refractivity contribution is -0.135. The van der Waals surface area contributed by atoms with Gasteiger partial charge in [0, 0.05) is 38.6 Å². The standard InChI is InChI=1S/C18H25FN2O2/c1-14-12-16(15-2-4-17(19)5-3-15)13-21(14)7-6-18(22)20-8-10-23-11-9-20/h2-5,14,16H,6-13H2,1H3/t14-,16-/m1/s1. The van der Waals surface area contributed by atoms with E-state index in [1.165, 1.54) is 17.7 Å². The van der Waals surface area contributed by atoms with Gasteiger partial charge in [0.15, 0.2) is 0 Å². The van der Waals surface area contributed by atoms with E-state index in [1.807, 2.05) is 17.0 Å². The van der Waals surface area contributed by atoms with Gasteiger partial charge in [-0.15, -0.1) is 0 Å². The van der Waals surface area contributed by atoms with E-state index >= 15 is 0 Å². The summed E-state index contributed by atoms with van der Waals surface area (Å²) in [5, 5.41) is 0. The third-order valence-corrected chi connectivity index (χ3v) is 5.02. The fourth-order valence-electron chi connectivity index (χ4n) is 3.60. The summed E-state index contributed by atoms with van der Waals surface area (Å²) in [5.74, 6) is 0.475. The van der Waals surface area contributed by atoms with Gasteiger partial charge in [0.2, 0.25) is 5.91 Å². The number of amides is 1. The molecule has 0 aliphatic carbocycles. The Balaban J connectivity index is 1.50. The van der Waals surface area contributed by atoms with Crippen LogP contribution in [-0.4, -0.2) is 61.1 Å². The summed E-state index contributed by atoms with van der Waals surface area (Å²) in [6.45, 7) is 6.69. The smallest absolute Gasteiger partial charge is 0.224 e. The van der Waals surface area contributed by atoms with Crippen LogP contribution in [0.5, 0.6) is 0 Å². The van der Waals surface area contributed by atoms with Crippen LogP contribution >= 0.6 is 0 Å². The van der Waals surface area contributed by atoms with Crippen LogP contribution in [0.15, 0.2) is 24.3 Å². The molecule has 2 heterocycles. The minimum absolute atomic E-state index is 0.187. The number of hydrogen-bond acceptors (Lipinski definition) is 3. The Hall–Kier alpha value is -1.46. The van der Waals surface area contributed by atoms with Crippen molar-refractivity contribution < 1.29 is 13.9 Å². The zero-order chi connectivity index (χ0) is 16.2. The molecule has 0 saturated carbocycles. The summed E-state index contributed by atoms with van der Waals surface area (Å²) < 4.78 is 18.3. The molecule has 126 valence electrons. The molecule has 0 N–H and O–H groups in total. The number of carbonyl (C=O) groups is 1. The maximum atomic E-state index is 13.1. The van der Waals surface area contributed by atoms with E-state index in [1.54, 1.807) is 0 Å². The predicted molar refractivity (Wildman–Crippen MR) is 86.8 cm³/mol. The Morgan fingerprint density at radius 1 is 1.26 bits per heavy atom. The topological polar surface area (TPSA) is 32.8 Å². The number of morpholine rings is 1. The molecule has 2 aliphatic rings. The minimum atomic E-state index is -0.187. The molecule has 0 bridgehead atoms. The Bertz CT molecular complexity index is 528. The lowest BCUT2D eigenvalue weighted by atomic mass is 9.97. The van der Waals surface area contributed by atoms with Gasteiger partial charge in [-0.05, 0) is 37.0 Å². The van der Waals surface area contributed by atoms with E-state index < -0.39 is 0 Å². The van der Waals surface area contributed by atoms with Gasteiger partial charge in [-0.2, -0.15) is 0 Å². The molecule has 4 nitrogen and oxygen atoms in total. The first kappa shape index (κ1) is 16.4. The van der Waals surface area contributed by atoms with Crippen molar-refractivity contribution in [2.75, 3.05) is 39.4 Å². The first-order valence-electron chi connectivity index (χ1n) is 8.48. The van der Waals surface area contributed by atoms with Gasteiger partial charge in [-0.1, -0.05) is 12.1 Å². The molecular weight excluding hydrogens is 295 g/mol. The first-order valence-corrected chi connectivity index (χ1v) is 8.48. The van der Waals surface area contributed by atoms with Gasteiger partial charge in [0.1, 0.15) is 5.82 Å². The second-order valence-electron chi connectivity index (χ2n) is 6.57. The minimum Gasteiger partial charge on any atom is -0.378 e. The second kappa shape index (κ2) is 7.41. The summed E-state index contributed by atoms with van der Waals surface area (Å²) in [4.78, 5) is 16.5. The van der Waals surface area contributed by atoms with Crippen molar-refractivity contribution in [3.05, 3.63) is 35.6 Å². The monoisotopic (exact) mass is 320 g/mol. The van der Waals surface area contributed by atoms with Crippen LogP contribution in [0, 0.1) is 5.82 Å². The fraction of sp³-hybridized carbons (Fsp3) is 0.611. The molecule has 0 aromatic heterocycles. The van der Waals surface area contributed by atoms with E-state index in [0.717, 1.165) is 19.5 Å². The maximum Gasteiger partial charge on any atom is 0.224 e. The molecule has 23 heavy (non-hydrogen) atoms. The highest BCUT2D eigenvalue weighted by atomic mass is 19.1. The third kappa shape index (κ3) is 4.09. The molecule has 1 aromatic carbocycles. The number of nitrogens with zero attached hydrogens (tertiary/aromatic N) is 2. The van der Waals surface area contributed by atoms with Gasteiger partial charge in [0.25, 0.3) is 0 Å². The van der Waals surface area contributed by atoms with Crippen LogP contribution in [0.3, 0.4) is 0 Å². The average molecular weight is 320 g/mol. The number of likely N-dealkylation sites (tertiary alicyclic amines) is 1. The van der Waals surface area contributed by atoms with E-state index in [4.69, 9.17) is 4.74 Å². The molecule has 2 fully saturated rings. The van der Waals surface area contributed by atoms with Gasteiger partial charge in [-0.25, -0.2) is 4.39 Å². The molecule has 1 amide bonds. The Kier molecular flexibility index (Phi) is 5.28. The van der Waals surface area contributed by atoms with Crippen molar-refractivity contribution in [1.29, 1.82) is 0 Å². The number of carbonyl (C=O) groups excluding carboxylic acids is 1. The van der Waals surface area contributed by atoms with Crippen molar-refractivity contribution >= 4 is 5.91 Å². The lowest BCUT2D eigenvalue weighted by Gasteiger charge is -2.28. The normalized spacial score (nSPS) is 25.7. The van der Waals surface area contributed by atoms with Gasteiger partial charge in [-0.3, -0.25) is 9.69 Å². The third-order valence-electron chi connectivity index (χ3n) is 5.02. The van der Waals surface area contributed by atoms with Crippen molar-refractivity contribution in [2.24, 2.45) is 0 Å². The zero-order valence-electron chi connectivity index (χ0n) is 13.7. The van der Waals surface area contributed by atoms with E-state index in [0.29, 0.717) is 44.7 Å². The van der Waals surface area contributed by atoms with Crippen LogP contribution in [-0.2, 0) is 9.53 Å². The fourth-order valence-corrected chi connectivity index (χ4v) is 3.60. The molecule has 0 radical (unpaired) electrons. The lowest BCUT2D eigenvalue weighted by Crippen LogP contribution is -2.42. The number of hydrogen-bond donors (Lipinski definition) is 0. The largest absolute Gasteiger partial charge is 0.378 e. The molecule has 1 aromatic rings. The molecule has 2 aliphatic heterocycles. The molecule has 3 rings (SSSR count). The molecule has 0 spiro atoms. The number of halogens is 1. The average Bonchev–Trinajstić information content (AvgIpc) is 2.95. The molecule has 5 heteroatoms. The molecule has 2 saturated heterocycles. The zero-order valence-corrected chi connectivity index (χ0v) is 13.7. The quantitative estimate of drug-likeness (QED) is 0.853. The Labute approximate surface area is 137 Å². The van der Waals surface area contributed by atoms with Crippen LogP contribution in [0.2, 0.25) is 0 Å². The van der Waals surface area contributed by atoms with Gasteiger partial charge < -0.3 is 9.64 Å². The van der Waals surface area contributed by atoms with E-state index in [-0.39, 0.29) is 11.7 Å². The van der Waals surface area contributed by atoms with Crippen molar-refractivity contribution in [3.8, 4) is 0 Å². The van der Waals surface area contributed by atoms with E-state index in [2.05, 4.69) is 11.8 Å². The predicted octanol–water partition coefficient (Wildman–Crippen LogP) is 2.25. The van der Waals surface area contributed by atoms with Gasteiger partial charge >= 0.3 is 0 Å². The summed E-state index contributed by atoms with van der Waals surface area (Å²) in [7, 11) is 0. The number of ether oxygens (including phenoxy) is 1. The van der Waals surface area contributed by atoms with Crippen LogP contribution in [0.4, 0.5) is 4.39 Å². The Morgan fingerprint density at radius 3 is 2.65 bits per heavy atom. The van der Waals surface area contributed by atoms with Crippen LogP contribution in [0.25, 0.3) is 0 Å². The highest BCUT2D eigenvalue weighted by Crippen LogP contribution is 2.31. The van der Waals surface area contributed by atoms with Gasteiger partial charge in [0.05, 0.1) is 13.2 Å². The maximum absolute atomic E-state index is 13.1. The molecule has 0 unspecified atom stereocenters. The van der Waals surface area contributed by atoms with Crippen molar-refractivity contribution in [2.45, 2.75) is 31.7 Å². The summed E-state index contributed by atoms with van der Waals surface area (Å²) in [5.41, 5.74) is 1.19. The molecular formula is C18H25FN2O2. The van der Waals surface area contributed by atoms with Crippen molar-refractivity contribution in [1.82, 2.24) is 9.80 Å². The highest BCUT2D eigenvalue weighted by molar-refractivity contribution is 5.76. The van der Waals surface area contributed by atoms with Crippen molar-refractivity contribution in [3.63, 3.8) is 0 Å². The first-order chi connectivity index (χ1) is 11.1. The van der Waals surface area contributed by atoms with Crippen LogP contribution < -0.4 is 0 Å². The van der Waals surface area contributed by atoms with Crippen LogP contribution in [0.1, 0.15) is 31.2 Å².